The van der Waals surface area contributed by atoms with Crippen molar-refractivity contribution in [3.63, 3.8) is 0 Å². The van der Waals surface area contributed by atoms with Crippen molar-refractivity contribution in [3.8, 4) is 0 Å². The number of hydrogen-bond acceptors (Lipinski definition) is 4. The van der Waals surface area contributed by atoms with E-state index in [4.69, 9.17) is 9.47 Å². The summed E-state index contributed by atoms with van der Waals surface area (Å²) in [5, 5.41) is 0. The smallest absolute Gasteiger partial charge is 0.303 e. The first-order chi connectivity index (χ1) is 9.54. The van der Waals surface area contributed by atoms with E-state index in [-0.39, 0.29) is 11.9 Å². The number of carbonyl (C=O) groups is 2. The van der Waals surface area contributed by atoms with Crippen molar-refractivity contribution in [2.24, 2.45) is 0 Å². The van der Waals surface area contributed by atoms with Crippen LogP contribution in [-0.4, -0.2) is 18.0 Å². The third kappa shape index (κ3) is 3.00. The number of esters is 2. The van der Waals surface area contributed by atoms with Crippen LogP contribution in [0.25, 0.3) is 0 Å². The molecule has 1 aromatic carbocycles. The minimum Gasteiger partial charge on any atom is -0.458 e. The van der Waals surface area contributed by atoms with Crippen LogP contribution in [0.4, 0.5) is 0 Å². The van der Waals surface area contributed by atoms with E-state index in [0.29, 0.717) is 12.8 Å². The highest BCUT2D eigenvalue weighted by atomic mass is 16.6. The molecule has 4 heteroatoms. The van der Waals surface area contributed by atoms with Crippen LogP contribution in [0.15, 0.2) is 30.3 Å². The number of carbonyl (C=O) groups excluding carboxylic acids is 2. The second-order valence-corrected chi connectivity index (χ2v) is 5.19. The summed E-state index contributed by atoms with van der Waals surface area (Å²) in [6.07, 6.45) is 2.88. The molecule has 0 saturated heterocycles. The van der Waals surface area contributed by atoms with Crippen molar-refractivity contribution in [2.75, 3.05) is 0 Å². The van der Waals surface area contributed by atoms with Crippen LogP contribution in [0.1, 0.15) is 45.1 Å². The zero-order valence-corrected chi connectivity index (χ0v) is 11.9. The molecule has 2 rings (SSSR count). The number of ether oxygens (including phenoxy) is 2. The normalized spacial score (nSPS) is 25.8. The van der Waals surface area contributed by atoms with Crippen molar-refractivity contribution in [1.29, 1.82) is 0 Å². The predicted octanol–water partition coefficient (Wildman–Crippen LogP) is 2.95. The average molecular weight is 276 g/mol. The summed E-state index contributed by atoms with van der Waals surface area (Å²) in [7, 11) is 0. The van der Waals surface area contributed by atoms with Gasteiger partial charge in [-0.1, -0.05) is 30.3 Å². The fourth-order valence-electron chi connectivity index (χ4n) is 2.95. The molecule has 1 fully saturated rings. The second kappa shape index (κ2) is 6.07. The minimum atomic E-state index is -0.850. The summed E-state index contributed by atoms with van der Waals surface area (Å²) in [5.74, 6) is -0.697. The first-order valence-electron chi connectivity index (χ1n) is 6.97. The Balaban J connectivity index is 2.42. The van der Waals surface area contributed by atoms with Gasteiger partial charge >= 0.3 is 11.9 Å². The van der Waals surface area contributed by atoms with E-state index < -0.39 is 11.7 Å². The Morgan fingerprint density at radius 3 is 2.40 bits per heavy atom. The van der Waals surface area contributed by atoms with Gasteiger partial charge in [0.15, 0.2) is 5.60 Å². The molecule has 1 saturated carbocycles. The van der Waals surface area contributed by atoms with Crippen LogP contribution in [-0.2, 0) is 24.7 Å². The first-order valence-corrected chi connectivity index (χ1v) is 6.97. The van der Waals surface area contributed by atoms with Gasteiger partial charge in [-0.05, 0) is 31.2 Å². The lowest BCUT2D eigenvalue weighted by Crippen LogP contribution is -2.47. The van der Waals surface area contributed by atoms with Gasteiger partial charge in [-0.25, -0.2) is 0 Å². The molecule has 0 N–H and O–H groups in total. The monoisotopic (exact) mass is 276 g/mol. The summed E-state index contributed by atoms with van der Waals surface area (Å²) >= 11 is 0. The lowest BCUT2D eigenvalue weighted by molar-refractivity contribution is -0.194. The minimum absolute atomic E-state index is 0.343. The van der Waals surface area contributed by atoms with Gasteiger partial charge in [-0.3, -0.25) is 9.59 Å². The molecule has 0 amide bonds. The molecule has 1 aromatic rings. The Morgan fingerprint density at radius 1 is 1.10 bits per heavy atom. The summed E-state index contributed by atoms with van der Waals surface area (Å²) in [6, 6.07) is 9.56. The Labute approximate surface area is 119 Å². The van der Waals surface area contributed by atoms with Crippen molar-refractivity contribution >= 4 is 11.9 Å². The van der Waals surface area contributed by atoms with E-state index in [1.54, 1.807) is 0 Å². The lowest BCUT2D eigenvalue weighted by Gasteiger charge is -2.42. The first kappa shape index (κ1) is 14.6. The summed E-state index contributed by atoms with van der Waals surface area (Å²) in [4.78, 5) is 22.9. The molecule has 20 heavy (non-hydrogen) atoms. The van der Waals surface area contributed by atoms with E-state index in [1.807, 2.05) is 30.3 Å². The molecule has 4 nitrogen and oxygen atoms in total. The van der Waals surface area contributed by atoms with Crippen LogP contribution in [0.3, 0.4) is 0 Å². The maximum absolute atomic E-state index is 11.6. The fourth-order valence-corrected chi connectivity index (χ4v) is 2.95. The number of hydrogen-bond donors (Lipinski definition) is 0. The summed E-state index contributed by atoms with van der Waals surface area (Å²) in [6.45, 7) is 2.78. The Hall–Kier alpha value is -1.84. The van der Waals surface area contributed by atoms with Crippen LogP contribution >= 0.6 is 0 Å². The van der Waals surface area contributed by atoms with Gasteiger partial charge < -0.3 is 9.47 Å². The molecule has 0 heterocycles. The molecule has 1 aliphatic rings. The molecular weight excluding hydrogens is 256 g/mol. The molecular formula is C16H20O4. The topological polar surface area (TPSA) is 52.6 Å². The van der Waals surface area contributed by atoms with Gasteiger partial charge in [0.1, 0.15) is 6.10 Å². The fraction of sp³-hybridized carbons (Fsp3) is 0.500. The maximum Gasteiger partial charge on any atom is 0.303 e. The maximum atomic E-state index is 11.6. The van der Waals surface area contributed by atoms with E-state index >= 15 is 0 Å². The standard InChI is InChI=1S/C16H20O4/c1-12(17)19-15-10-6-7-11-16(15,20-13(2)18)14-8-4-3-5-9-14/h3-5,8-9,15H,6-7,10-11H2,1-2H3/t15-,16-/m0/s1. The highest BCUT2D eigenvalue weighted by molar-refractivity contribution is 5.68. The predicted molar refractivity (Wildman–Crippen MR) is 73.9 cm³/mol. The average Bonchev–Trinajstić information content (AvgIpc) is 2.41. The largest absolute Gasteiger partial charge is 0.458 e. The quantitative estimate of drug-likeness (QED) is 0.796. The van der Waals surface area contributed by atoms with Crippen molar-refractivity contribution < 1.29 is 19.1 Å². The number of benzene rings is 1. The van der Waals surface area contributed by atoms with Crippen molar-refractivity contribution in [3.05, 3.63) is 35.9 Å². The molecule has 0 aromatic heterocycles. The van der Waals surface area contributed by atoms with Crippen LogP contribution in [0, 0.1) is 0 Å². The van der Waals surface area contributed by atoms with Gasteiger partial charge in [-0.15, -0.1) is 0 Å². The zero-order valence-electron chi connectivity index (χ0n) is 11.9. The van der Waals surface area contributed by atoms with E-state index in [1.165, 1.54) is 13.8 Å². The third-order valence-corrected chi connectivity index (χ3v) is 3.68. The Morgan fingerprint density at radius 2 is 1.80 bits per heavy atom. The molecule has 108 valence electrons. The summed E-state index contributed by atoms with van der Waals surface area (Å²) in [5.41, 5.74) is 0.0398. The second-order valence-electron chi connectivity index (χ2n) is 5.19. The molecule has 0 radical (unpaired) electrons. The lowest BCUT2D eigenvalue weighted by atomic mass is 9.77. The van der Waals surface area contributed by atoms with Gasteiger partial charge in [-0.2, -0.15) is 0 Å². The third-order valence-electron chi connectivity index (χ3n) is 3.68. The highest BCUT2D eigenvalue weighted by Crippen LogP contribution is 2.42. The van der Waals surface area contributed by atoms with Gasteiger partial charge in [0.25, 0.3) is 0 Å². The van der Waals surface area contributed by atoms with E-state index in [9.17, 15) is 9.59 Å². The van der Waals surface area contributed by atoms with Crippen LogP contribution in [0.2, 0.25) is 0 Å². The molecule has 0 unspecified atom stereocenters. The van der Waals surface area contributed by atoms with Crippen LogP contribution in [0.5, 0.6) is 0 Å². The molecule has 0 bridgehead atoms. The van der Waals surface area contributed by atoms with Gasteiger partial charge in [0.2, 0.25) is 0 Å². The summed E-state index contributed by atoms with van der Waals surface area (Å²) < 4.78 is 11.1. The molecule has 0 spiro atoms. The SMILES string of the molecule is CC(=O)O[C@H]1CCCC[C@]1(OC(C)=O)c1ccccc1. The zero-order chi connectivity index (χ0) is 14.6. The van der Waals surface area contributed by atoms with Gasteiger partial charge in [0, 0.05) is 13.8 Å². The van der Waals surface area contributed by atoms with Crippen LogP contribution < -0.4 is 0 Å². The van der Waals surface area contributed by atoms with Gasteiger partial charge in [0.05, 0.1) is 0 Å². The van der Waals surface area contributed by atoms with E-state index in [2.05, 4.69) is 0 Å². The Kier molecular flexibility index (Phi) is 4.42. The highest BCUT2D eigenvalue weighted by Gasteiger charge is 2.47. The molecule has 1 aliphatic carbocycles. The van der Waals surface area contributed by atoms with E-state index in [0.717, 1.165) is 18.4 Å². The molecule has 2 atom stereocenters. The van der Waals surface area contributed by atoms with Crippen molar-refractivity contribution in [2.45, 2.75) is 51.2 Å². The van der Waals surface area contributed by atoms with Crippen molar-refractivity contribution in [1.82, 2.24) is 0 Å². The Bertz CT molecular complexity index is 483. The molecule has 0 aliphatic heterocycles. The number of rotatable bonds is 3.